The monoisotopic (exact) mass is 312 g/mol. The SMILES string of the molecule is Cc1cccc(NC(=O)NCC2(O)CCOc3ccccc32)c1. The number of carbonyl (C=O) groups is 1. The van der Waals surface area contributed by atoms with Gasteiger partial charge >= 0.3 is 6.03 Å². The third-order valence-corrected chi connectivity index (χ3v) is 3.98. The highest BCUT2D eigenvalue weighted by molar-refractivity contribution is 5.89. The van der Waals surface area contributed by atoms with Gasteiger partial charge < -0.3 is 20.5 Å². The maximum atomic E-state index is 12.1. The highest BCUT2D eigenvalue weighted by Crippen LogP contribution is 2.36. The van der Waals surface area contributed by atoms with E-state index in [4.69, 9.17) is 4.74 Å². The van der Waals surface area contributed by atoms with Crippen LogP contribution in [0.4, 0.5) is 10.5 Å². The highest BCUT2D eigenvalue weighted by Gasteiger charge is 2.35. The number of ether oxygens (including phenoxy) is 1. The number of nitrogens with one attached hydrogen (secondary N) is 2. The van der Waals surface area contributed by atoms with Gasteiger partial charge in [-0.15, -0.1) is 0 Å². The fraction of sp³-hybridized carbons (Fsp3) is 0.278. The lowest BCUT2D eigenvalue weighted by Gasteiger charge is -2.34. The summed E-state index contributed by atoms with van der Waals surface area (Å²) in [5, 5.41) is 16.4. The van der Waals surface area contributed by atoms with Crippen molar-refractivity contribution in [2.24, 2.45) is 0 Å². The summed E-state index contributed by atoms with van der Waals surface area (Å²) in [7, 11) is 0. The first-order valence-corrected chi connectivity index (χ1v) is 7.63. The molecule has 0 bridgehead atoms. The van der Waals surface area contributed by atoms with Gasteiger partial charge in [0.2, 0.25) is 0 Å². The van der Waals surface area contributed by atoms with Gasteiger partial charge in [-0.1, -0.05) is 30.3 Å². The molecule has 0 saturated heterocycles. The molecule has 0 radical (unpaired) electrons. The van der Waals surface area contributed by atoms with Gasteiger partial charge in [0, 0.05) is 17.7 Å². The molecule has 5 nitrogen and oxygen atoms in total. The molecule has 1 aliphatic rings. The van der Waals surface area contributed by atoms with E-state index in [0.29, 0.717) is 24.3 Å². The second kappa shape index (κ2) is 6.30. The number of hydrogen-bond donors (Lipinski definition) is 3. The van der Waals surface area contributed by atoms with E-state index in [1.165, 1.54) is 0 Å². The molecule has 1 heterocycles. The molecule has 23 heavy (non-hydrogen) atoms. The molecule has 0 aromatic heterocycles. The fourth-order valence-corrected chi connectivity index (χ4v) is 2.75. The summed E-state index contributed by atoms with van der Waals surface area (Å²) in [6, 6.07) is 14.6. The lowest BCUT2D eigenvalue weighted by molar-refractivity contribution is 0.000398. The van der Waals surface area contributed by atoms with Crippen molar-refractivity contribution in [2.75, 3.05) is 18.5 Å². The average Bonchev–Trinajstić information content (AvgIpc) is 2.54. The van der Waals surface area contributed by atoms with Crippen LogP contribution < -0.4 is 15.4 Å². The number of para-hydroxylation sites is 1. The van der Waals surface area contributed by atoms with Crippen molar-refractivity contribution >= 4 is 11.7 Å². The Balaban J connectivity index is 1.65. The molecule has 0 aliphatic carbocycles. The maximum Gasteiger partial charge on any atom is 0.319 e. The Hall–Kier alpha value is -2.53. The van der Waals surface area contributed by atoms with Crippen molar-refractivity contribution < 1.29 is 14.6 Å². The van der Waals surface area contributed by atoms with Crippen LogP contribution in [0, 0.1) is 6.92 Å². The third kappa shape index (κ3) is 3.46. The number of hydrogen-bond acceptors (Lipinski definition) is 3. The van der Waals surface area contributed by atoms with Crippen LogP contribution in [0.1, 0.15) is 17.5 Å². The minimum atomic E-state index is -1.11. The van der Waals surface area contributed by atoms with Gasteiger partial charge in [0.25, 0.3) is 0 Å². The van der Waals surface area contributed by atoms with Crippen molar-refractivity contribution in [2.45, 2.75) is 18.9 Å². The first kappa shape index (κ1) is 15.4. The molecule has 2 aromatic carbocycles. The number of urea groups is 1. The number of anilines is 1. The van der Waals surface area contributed by atoms with Crippen LogP contribution in [-0.4, -0.2) is 24.3 Å². The molecule has 1 unspecified atom stereocenters. The summed E-state index contributed by atoms with van der Waals surface area (Å²) in [5.41, 5.74) is 1.39. The van der Waals surface area contributed by atoms with Crippen LogP contribution in [0.15, 0.2) is 48.5 Å². The van der Waals surface area contributed by atoms with E-state index in [1.54, 1.807) is 0 Å². The maximum absolute atomic E-state index is 12.1. The van der Waals surface area contributed by atoms with Crippen LogP contribution in [-0.2, 0) is 5.60 Å². The number of fused-ring (bicyclic) bond motifs is 1. The van der Waals surface area contributed by atoms with E-state index in [-0.39, 0.29) is 12.6 Å². The van der Waals surface area contributed by atoms with Gasteiger partial charge in [-0.05, 0) is 30.7 Å². The molecule has 0 saturated carbocycles. The second-order valence-corrected chi connectivity index (χ2v) is 5.80. The van der Waals surface area contributed by atoms with Crippen molar-refractivity contribution in [3.05, 3.63) is 59.7 Å². The third-order valence-electron chi connectivity index (χ3n) is 3.98. The van der Waals surface area contributed by atoms with E-state index in [9.17, 15) is 9.90 Å². The molecular weight excluding hydrogens is 292 g/mol. The second-order valence-electron chi connectivity index (χ2n) is 5.80. The smallest absolute Gasteiger partial charge is 0.319 e. The molecular formula is C18H20N2O3. The minimum absolute atomic E-state index is 0.130. The molecule has 3 N–H and O–H groups in total. The van der Waals surface area contributed by atoms with Gasteiger partial charge in [0.05, 0.1) is 13.2 Å². The first-order valence-electron chi connectivity index (χ1n) is 7.63. The lowest BCUT2D eigenvalue weighted by Crippen LogP contribution is -2.45. The summed E-state index contributed by atoms with van der Waals surface area (Å²) >= 11 is 0. The first-order chi connectivity index (χ1) is 11.1. The number of carbonyl (C=O) groups excluding carboxylic acids is 1. The van der Waals surface area contributed by atoms with E-state index in [2.05, 4.69) is 10.6 Å². The molecule has 120 valence electrons. The van der Waals surface area contributed by atoms with E-state index in [0.717, 1.165) is 11.3 Å². The number of aryl methyl sites for hydroxylation is 1. The average molecular weight is 312 g/mol. The summed E-state index contributed by atoms with van der Waals surface area (Å²) in [5.74, 6) is 0.669. The molecule has 0 fully saturated rings. The molecule has 1 aliphatic heterocycles. The predicted octanol–water partition coefficient (Wildman–Crippen LogP) is 2.79. The Kier molecular flexibility index (Phi) is 4.21. The molecule has 2 aromatic rings. The van der Waals surface area contributed by atoms with Crippen LogP contribution in [0.3, 0.4) is 0 Å². The van der Waals surface area contributed by atoms with Gasteiger partial charge in [-0.25, -0.2) is 4.79 Å². The quantitative estimate of drug-likeness (QED) is 0.816. The van der Waals surface area contributed by atoms with Crippen molar-refractivity contribution in [3.8, 4) is 5.75 Å². The van der Waals surface area contributed by atoms with E-state index >= 15 is 0 Å². The van der Waals surface area contributed by atoms with E-state index in [1.807, 2.05) is 55.5 Å². The molecule has 2 amide bonds. The van der Waals surface area contributed by atoms with Crippen LogP contribution in [0.5, 0.6) is 5.75 Å². The van der Waals surface area contributed by atoms with Crippen molar-refractivity contribution in [3.63, 3.8) is 0 Å². The van der Waals surface area contributed by atoms with Gasteiger partial charge in [-0.3, -0.25) is 0 Å². The Morgan fingerprint density at radius 1 is 1.26 bits per heavy atom. The molecule has 5 heteroatoms. The standard InChI is InChI=1S/C18H20N2O3/c1-13-5-4-6-14(11-13)20-17(21)19-12-18(22)9-10-23-16-8-3-2-7-15(16)18/h2-8,11,22H,9-10,12H2,1H3,(H2,19,20,21). The highest BCUT2D eigenvalue weighted by atomic mass is 16.5. The lowest BCUT2D eigenvalue weighted by atomic mass is 9.88. The largest absolute Gasteiger partial charge is 0.493 e. The Bertz CT molecular complexity index is 717. The van der Waals surface area contributed by atoms with Gasteiger partial charge in [0.1, 0.15) is 11.4 Å². The topological polar surface area (TPSA) is 70.6 Å². The van der Waals surface area contributed by atoms with E-state index < -0.39 is 5.60 Å². The number of rotatable bonds is 3. The number of aliphatic hydroxyl groups is 1. The van der Waals surface area contributed by atoms with Crippen molar-refractivity contribution in [1.82, 2.24) is 5.32 Å². The Labute approximate surface area is 135 Å². The number of benzene rings is 2. The Morgan fingerprint density at radius 2 is 2.09 bits per heavy atom. The summed E-state index contributed by atoms with van der Waals surface area (Å²) in [6.07, 6.45) is 0.439. The predicted molar refractivity (Wildman–Crippen MR) is 88.7 cm³/mol. The zero-order valence-corrected chi connectivity index (χ0v) is 13.0. The number of amides is 2. The zero-order valence-electron chi connectivity index (χ0n) is 13.0. The minimum Gasteiger partial charge on any atom is -0.493 e. The molecule has 0 spiro atoms. The molecule has 3 rings (SSSR count). The van der Waals surface area contributed by atoms with Gasteiger partial charge in [-0.2, -0.15) is 0 Å². The zero-order chi connectivity index (χ0) is 16.3. The van der Waals surface area contributed by atoms with Crippen LogP contribution in [0.25, 0.3) is 0 Å². The Morgan fingerprint density at radius 3 is 2.91 bits per heavy atom. The normalized spacial score (nSPS) is 19.4. The van der Waals surface area contributed by atoms with Gasteiger partial charge in [0.15, 0.2) is 0 Å². The van der Waals surface area contributed by atoms with Crippen molar-refractivity contribution in [1.29, 1.82) is 0 Å². The summed E-state index contributed by atoms with van der Waals surface area (Å²) in [4.78, 5) is 12.1. The summed E-state index contributed by atoms with van der Waals surface area (Å²) < 4.78 is 5.55. The van der Waals surface area contributed by atoms with Crippen LogP contribution in [0.2, 0.25) is 0 Å². The van der Waals surface area contributed by atoms with Crippen LogP contribution >= 0.6 is 0 Å². The fourth-order valence-electron chi connectivity index (χ4n) is 2.75. The molecule has 1 atom stereocenters. The summed E-state index contributed by atoms with van der Waals surface area (Å²) in [6.45, 7) is 2.52.